The topological polar surface area (TPSA) is 21.3 Å². The lowest BCUT2D eigenvalue weighted by Crippen LogP contribution is -2.30. The van der Waals surface area contributed by atoms with E-state index in [1.165, 1.54) is 58.0 Å². The zero-order chi connectivity index (χ0) is 10.3. The molecule has 0 atom stereocenters. The van der Waals surface area contributed by atoms with Gasteiger partial charge in [0.05, 0.1) is 0 Å². The van der Waals surface area contributed by atoms with E-state index in [1.54, 1.807) is 0 Å². The molecule has 2 heteroatoms. The molecule has 2 fully saturated rings. The SMILES string of the molecule is C1CCC(COCC2CCNCC2)CC1. The zero-order valence-corrected chi connectivity index (χ0v) is 9.84. The standard InChI is InChI=1S/C13H25NO/c1-2-4-12(5-3-1)10-15-11-13-6-8-14-9-7-13/h12-14H,1-11H2. The van der Waals surface area contributed by atoms with Gasteiger partial charge in [-0.2, -0.15) is 0 Å². The molecule has 0 bridgehead atoms. The number of hydrogen-bond acceptors (Lipinski definition) is 2. The Morgan fingerprint density at radius 1 is 0.800 bits per heavy atom. The van der Waals surface area contributed by atoms with Crippen LogP contribution in [0.3, 0.4) is 0 Å². The second kappa shape index (κ2) is 6.49. The minimum absolute atomic E-state index is 0.829. The molecule has 0 amide bonds. The van der Waals surface area contributed by atoms with Crippen LogP contribution in [-0.4, -0.2) is 26.3 Å². The summed E-state index contributed by atoms with van der Waals surface area (Å²) >= 11 is 0. The third-order valence-corrected chi connectivity index (χ3v) is 3.89. The van der Waals surface area contributed by atoms with E-state index in [-0.39, 0.29) is 0 Å². The quantitative estimate of drug-likeness (QED) is 0.771. The molecule has 0 unspecified atom stereocenters. The van der Waals surface area contributed by atoms with Crippen molar-refractivity contribution in [2.75, 3.05) is 26.3 Å². The fourth-order valence-corrected chi connectivity index (χ4v) is 2.80. The van der Waals surface area contributed by atoms with Gasteiger partial charge in [0.25, 0.3) is 0 Å². The van der Waals surface area contributed by atoms with Crippen molar-refractivity contribution in [1.29, 1.82) is 0 Å². The highest BCUT2D eigenvalue weighted by Crippen LogP contribution is 2.24. The first kappa shape index (κ1) is 11.4. The van der Waals surface area contributed by atoms with E-state index in [0.717, 1.165) is 25.0 Å². The van der Waals surface area contributed by atoms with Crippen molar-refractivity contribution in [3.63, 3.8) is 0 Å². The molecule has 0 radical (unpaired) electrons. The molecule has 0 spiro atoms. The Morgan fingerprint density at radius 2 is 1.40 bits per heavy atom. The van der Waals surface area contributed by atoms with Gasteiger partial charge in [-0.1, -0.05) is 19.3 Å². The highest BCUT2D eigenvalue weighted by molar-refractivity contribution is 4.69. The lowest BCUT2D eigenvalue weighted by molar-refractivity contribution is 0.0526. The Hall–Kier alpha value is -0.0800. The summed E-state index contributed by atoms with van der Waals surface area (Å²) in [7, 11) is 0. The highest BCUT2D eigenvalue weighted by Gasteiger charge is 2.16. The summed E-state index contributed by atoms with van der Waals surface area (Å²) in [4.78, 5) is 0. The molecule has 1 N–H and O–H groups in total. The summed E-state index contributed by atoms with van der Waals surface area (Å²) in [5, 5.41) is 3.40. The fraction of sp³-hybridized carbons (Fsp3) is 1.00. The Labute approximate surface area is 93.8 Å². The van der Waals surface area contributed by atoms with Gasteiger partial charge in [-0.05, 0) is 50.6 Å². The largest absolute Gasteiger partial charge is 0.381 e. The summed E-state index contributed by atoms with van der Waals surface area (Å²) in [6.45, 7) is 4.43. The van der Waals surface area contributed by atoms with Crippen LogP contribution in [-0.2, 0) is 4.74 Å². The molecule has 1 saturated carbocycles. The van der Waals surface area contributed by atoms with Gasteiger partial charge in [0.2, 0.25) is 0 Å². The van der Waals surface area contributed by atoms with Crippen molar-refractivity contribution in [3.8, 4) is 0 Å². The summed E-state index contributed by atoms with van der Waals surface area (Å²) < 4.78 is 5.88. The van der Waals surface area contributed by atoms with E-state index >= 15 is 0 Å². The van der Waals surface area contributed by atoms with E-state index in [2.05, 4.69) is 5.32 Å². The molecule has 88 valence electrons. The normalized spacial score (nSPS) is 25.6. The van der Waals surface area contributed by atoms with Crippen molar-refractivity contribution in [2.24, 2.45) is 11.8 Å². The molecule has 0 aromatic rings. The number of rotatable bonds is 4. The molecule has 1 heterocycles. The van der Waals surface area contributed by atoms with Crippen LogP contribution in [0.2, 0.25) is 0 Å². The van der Waals surface area contributed by atoms with Gasteiger partial charge in [0.15, 0.2) is 0 Å². The maximum absolute atomic E-state index is 5.88. The van der Waals surface area contributed by atoms with Crippen LogP contribution in [0.1, 0.15) is 44.9 Å². The first-order chi connectivity index (χ1) is 7.45. The van der Waals surface area contributed by atoms with Crippen molar-refractivity contribution in [3.05, 3.63) is 0 Å². The maximum Gasteiger partial charge on any atom is 0.0495 e. The van der Waals surface area contributed by atoms with Gasteiger partial charge in [0, 0.05) is 13.2 Å². The van der Waals surface area contributed by atoms with Crippen molar-refractivity contribution >= 4 is 0 Å². The maximum atomic E-state index is 5.88. The first-order valence-corrected chi connectivity index (χ1v) is 6.73. The molecule has 0 aromatic carbocycles. The average Bonchev–Trinajstić information content (AvgIpc) is 2.32. The van der Waals surface area contributed by atoms with E-state index in [9.17, 15) is 0 Å². The number of piperidine rings is 1. The predicted molar refractivity (Wildman–Crippen MR) is 63.0 cm³/mol. The lowest BCUT2D eigenvalue weighted by atomic mass is 9.90. The van der Waals surface area contributed by atoms with Crippen LogP contribution in [0.25, 0.3) is 0 Å². The zero-order valence-electron chi connectivity index (χ0n) is 9.84. The first-order valence-electron chi connectivity index (χ1n) is 6.73. The Morgan fingerprint density at radius 3 is 2.07 bits per heavy atom. The monoisotopic (exact) mass is 211 g/mol. The third kappa shape index (κ3) is 4.12. The van der Waals surface area contributed by atoms with E-state index in [4.69, 9.17) is 4.74 Å². The van der Waals surface area contributed by atoms with Crippen LogP contribution in [0.5, 0.6) is 0 Å². The molecule has 2 rings (SSSR count). The number of nitrogens with one attached hydrogen (secondary N) is 1. The molecular weight excluding hydrogens is 186 g/mol. The molecule has 0 aromatic heterocycles. The molecule has 2 nitrogen and oxygen atoms in total. The van der Waals surface area contributed by atoms with E-state index in [1.807, 2.05) is 0 Å². The number of hydrogen-bond donors (Lipinski definition) is 1. The van der Waals surface area contributed by atoms with Gasteiger partial charge in [0.1, 0.15) is 0 Å². The van der Waals surface area contributed by atoms with Crippen LogP contribution in [0.4, 0.5) is 0 Å². The number of ether oxygens (including phenoxy) is 1. The van der Waals surface area contributed by atoms with E-state index in [0.29, 0.717) is 0 Å². The summed E-state index contributed by atoms with van der Waals surface area (Å²) in [5.41, 5.74) is 0. The molecule has 1 aliphatic carbocycles. The minimum Gasteiger partial charge on any atom is -0.381 e. The van der Waals surface area contributed by atoms with Crippen LogP contribution in [0, 0.1) is 11.8 Å². The average molecular weight is 211 g/mol. The van der Waals surface area contributed by atoms with Crippen LogP contribution < -0.4 is 5.32 Å². The predicted octanol–water partition coefficient (Wildman–Crippen LogP) is 2.58. The van der Waals surface area contributed by atoms with Gasteiger partial charge in [-0.25, -0.2) is 0 Å². The molecule has 1 saturated heterocycles. The summed E-state index contributed by atoms with van der Waals surface area (Å²) in [5.74, 6) is 1.70. The fourth-order valence-electron chi connectivity index (χ4n) is 2.80. The van der Waals surface area contributed by atoms with Gasteiger partial charge in [-0.15, -0.1) is 0 Å². The second-order valence-electron chi connectivity index (χ2n) is 5.23. The highest BCUT2D eigenvalue weighted by atomic mass is 16.5. The van der Waals surface area contributed by atoms with Crippen molar-refractivity contribution in [2.45, 2.75) is 44.9 Å². The van der Waals surface area contributed by atoms with Gasteiger partial charge >= 0.3 is 0 Å². The lowest BCUT2D eigenvalue weighted by Gasteiger charge is -2.25. The van der Waals surface area contributed by atoms with Crippen LogP contribution >= 0.6 is 0 Å². The van der Waals surface area contributed by atoms with Gasteiger partial charge in [-0.3, -0.25) is 0 Å². The summed E-state index contributed by atoms with van der Waals surface area (Å²) in [6.07, 6.45) is 9.75. The smallest absolute Gasteiger partial charge is 0.0495 e. The Kier molecular flexibility index (Phi) is 4.94. The molecule has 1 aliphatic heterocycles. The van der Waals surface area contributed by atoms with Crippen molar-refractivity contribution < 1.29 is 4.74 Å². The van der Waals surface area contributed by atoms with Crippen LogP contribution in [0.15, 0.2) is 0 Å². The Balaban J connectivity index is 1.53. The molecule has 2 aliphatic rings. The van der Waals surface area contributed by atoms with Gasteiger partial charge < -0.3 is 10.1 Å². The molecular formula is C13H25NO. The summed E-state index contributed by atoms with van der Waals surface area (Å²) in [6, 6.07) is 0. The third-order valence-electron chi connectivity index (χ3n) is 3.89. The minimum atomic E-state index is 0.829. The van der Waals surface area contributed by atoms with Crippen molar-refractivity contribution in [1.82, 2.24) is 5.32 Å². The molecule has 15 heavy (non-hydrogen) atoms. The second-order valence-corrected chi connectivity index (χ2v) is 5.23. The Bertz CT molecular complexity index is 142. The van der Waals surface area contributed by atoms with E-state index < -0.39 is 0 Å².